The Labute approximate surface area is 187 Å². The van der Waals surface area contributed by atoms with E-state index in [-0.39, 0.29) is 24.2 Å². The van der Waals surface area contributed by atoms with E-state index in [2.05, 4.69) is 17.0 Å². The number of fused-ring (bicyclic) bond motifs is 1. The van der Waals surface area contributed by atoms with Gasteiger partial charge in [-0.3, -0.25) is 14.4 Å². The zero-order chi connectivity index (χ0) is 24.3. The molecule has 1 N–H and O–H groups in total. The van der Waals surface area contributed by atoms with Gasteiger partial charge < -0.3 is 5.32 Å². The van der Waals surface area contributed by atoms with E-state index < -0.39 is 41.2 Å². The van der Waals surface area contributed by atoms with Gasteiger partial charge in [0.15, 0.2) is 5.78 Å². The van der Waals surface area contributed by atoms with Crippen LogP contribution in [0.1, 0.15) is 40.4 Å². The monoisotopic (exact) mass is 460 g/mol. The number of carbonyl (C=O) groups is 3. The van der Waals surface area contributed by atoms with E-state index in [0.29, 0.717) is 28.9 Å². The lowest BCUT2D eigenvalue weighted by Gasteiger charge is -2.22. The Kier molecular flexibility index (Phi) is 6.90. The third-order valence-electron chi connectivity index (χ3n) is 5.37. The van der Waals surface area contributed by atoms with Crippen molar-refractivity contribution in [3.63, 3.8) is 0 Å². The molecule has 1 aliphatic rings. The van der Waals surface area contributed by atoms with E-state index in [9.17, 15) is 31.9 Å². The number of Topliss-reactive ketones (excluding diaryl/α,β-unsaturated/α-hetero) is 1. The summed E-state index contributed by atoms with van der Waals surface area (Å²) < 4.78 is 51.9. The molecule has 2 aromatic carbocycles. The van der Waals surface area contributed by atoms with Crippen LogP contribution in [0.4, 0.5) is 23.2 Å². The van der Waals surface area contributed by atoms with Crippen LogP contribution in [-0.4, -0.2) is 24.3 Å². The number of aliphatic imine (C=N–C) groups is 1. The molecule has 0 aromatic heterocycles. The fourth-order valence-corrected chi connectivity index (χ4v) is 3.67. The van der Waals surface area contributed by atoms with Crippen LogP contribution in [0, 0.1) is 17.7 Å². The summed E-state index contributed by atoms with van der Waals surface area (Å²) in [6.45, 7) is 4.87. The van der Waals surface area contributed by atoms with E-state index in [0.717, 1.165) is 6.07 Å². The molecule has 172 valence electrons. The first-order valence-corrected chi connectivity index (χ1v) is 10.0. The van der Waals surface area contributed by atoms with Gasteiger partial charge in [-0.25, -0.2) is 9.38 Å². The summed E-state index contributed by atoms with van der Waals surface area (Å²) in [6.07, 6.45) is -1.58. The second kappa shape index (κ2) is 9.48. The smallest absolute Gasteiger partial charge is 0.325 e. The average molecular weight is 460 g/mol. The predicted molar refractivity (Wildman–Crippen MR) is 115 cm³/mol. The maximum atomic E-state index is 13.8. The summed E-state index contributed by atoms with van der Waals surface area (Å²) in [5, 5.41) is 2.62. The number of halogens is 4. The van der Waals surface area contributed by atoms with Crippen LogP contribution in [0.5, 0.6) is 0 Å². The number of hydrogen-bond donors (Lipinski definition) is 1. The number of hydrogen-bond acceptors (Lipinski definition) is 3. The van der Waals surface area contributed by atoms with Crippen molar-refractivity contribution in [3.8, 4) is 0 Å². The van der Waals surface area contributed by atoms with Crippen LogP contribution in [0.2, 0.25) is 0 Å². The first-order chi connectivity index (χ1) is 15.5. The molecule has 3 rings (SSSR count). The summed E-state index contributed by atoms with van der Waals surface area (Å²) in [5.74, 6) is -3.65. The number of rotatable bonds is 6. The van der Waals surface area contributed by atoms with Crippen molar-refractivity contribution in [2.24, 2.45) is 16.8 Å². The van der Waals surface area contributed by atoms with Crippen LogP contribution in [-0.2, 0) is 22.2 Å². The number of nitrogens with zero attached hydrogens (tertiary/aromatic N) is 1. The summed E-state index contributed by atoms with van der Waals surface area (Å²) >= 11 is 0. The molecule has 1 aliphatic carbocycles. The molecule has 33 heavy (non-hydrogen) atoms. The van der Waals surface area contributed by atoms with Crippen molar-refractivity contribution in [1.29, 1.82) is 0 Å². The molecule has 0 saturated carbocycles. The number of ketones is 1. The van der Waals surface area contributed by atoms with Crippen LogP contribution in [0.25, 0.3) is 6.08 Å². The van der Waals surface area contributed by atoms with Gasteiger partial charge in [0.05, 0.1) is 12.0 Å². The molecule has 2 aromatic rings. The Hall–Kier alpha value is -3.62. The van der Waals surface area contributed by atoms with Crippen molar-refractivity contribution >= 4 is 36.1 Å². The van der Waals surface area contributed by atoms with Gasteiger partial charge in [-0.05, 0) is 36.9 Å². The highest BCUT2D eigenvalue weighted by molar-refractivity contribution is 6.08. The molecule has 0 radical (unpaired) electrons. The van der Waals surface area contributed by atoms with Crippen molar-refractivity contribution in [3.05, 3.63) is 70.5 Å². The first-order valence-electron chi connectivity index (χ1n) is 10.0. The molecule has 0 saturated heterocycles. The van der Waals surface area contributed by atoms with Crippen molar-refractivity contribution in [2.45, 2.75) is 25.9 Å². The third kappa shape index (κ3) is 5.42. The van der Waals surface area contributed by atoms with Crippen molar-refractivity contribution in [2.75, 3.05) is 5.32 Å². The topological polar surface area (TPSA) is 75.6 Å². The lowest BCUT2D eigenvalue weighted by atomic mass is 9.82. The highest BCUT2D eigenvalue weighted by Gasteiger charge is 2.34. The molecule has 1 unspecified atom stereocenters. The molecule has 2 amide bonds. The standard InChI is InChI=1S/C24H20F4N2O3/c1-13(23(33)29-2)10-15-7-8-16-17(22(15)32)4-3-5-20(16)30-21(31)12-14-6-9-18(19(25)11-14)24(26,27)28/h3-9,11,13,15H,2,10,12H2,1H3,(H,30,31)/t13-,15?/m0/s1. The molecule has 0 bridgehead atoms. The molecule has 5 nitrogen and oxygen atoms in total. The molecular formula is C24H20F4N2O3. The van der Waals surface area contributed by atoms with Gasteiger partial charge in [0.25, 0.3) is 0 Å². The zero-order valence-electron chi connectivity index (χ0n) is 17.6. The number of nitrogens with one attached hydrogen (secondary N) is 1. The molecule has 0 fully saturated rings. The normalized spacial score (nSPS) is 16.2. The van der Waals surface area contributed by atoms with Crippen molar-refractivity contribution in [1.82, 2.24) is 0 Å². The Morgan fingerprint density at radius 2 is 1.94 bits per heavy atom. The number of alkyl halides is 3. The quantitative estimate of drug-likeness (QED) is 0.481. The fourth-order valence-electron chi connectivity index (χ4n) is 3.67. The summed E-state index contributed by atoms with van der Waals surface area (Å²) in [5.41, 5.74) is -0.144. The number of anilines is 1. The number of benzene rings is 2. The Morgan fingerprint density at radius 1 is 1.21 bits per heavy atom. The molecule has 2 atom stereocenters. The maximum Gasteiger partial charge on any atom is 0.419 e. The fraction of sp³-hybridized carbons (Fsp3) is 0.250. The van der Waals surface area contributed by atoms with Gasteiger partial charge in [0.2, 0.25) is 11.8 Å². The Bertz CT molecular complexity index is 1150. The molecule has 9 heteroatoms. The highest BCUT2D eigenvalue weighted by Crippen LogP contribution is 2.33. The summed E-state index contributed by atoms with van der Waals surface area (Å²) in [6, 6.07) is 7.08. The minimum atomic E-state index is -4.82. The second-order valence-corrected chi connectivity index (χ2v) is 7.77. The van der Waals surface area contributed by atoms with Gasteiger partial charge >= 0.3 is 6.18 Å². The molecule has 0 aliphatic heterocycles. The van der Waals surface area contributed by atoms with Crippen molar-refractivity contribution < 1.29 is 31.9 Å². The predicted octanol–water partition coefficient (Wildman–Crippen LogP) is 5.10. The number of carbonyl (C=O) groups excluding carboxylic acids is 3. The van der Waals surface area contributed by atoms with Crippen LogP contribution >= 0.6 is 0 Å². The minimum Gasteiger partial charge on any atom is -0.325 e. The van der Waals surface area contributed by atoms with Crippen LogP contribution in [0.3, 0.4) is 0 Å². The van der Waals surface area contributed by atoms with Crippen LogP contribution < -0.4 is 5.32 Å². The lowest BCUT2D eigenvalue weighted by molar-refractivity contribution is -0.140. The Morgan fingerprint density at radius 3 is 2.58 bits per heavy atom. The average Bonchev–Trinajstić information content (AvgIpc) is 2.74. The van der Waals surface area contributed by atoms with Gasteiger partial charge in [-0.2, -0.15) is 13.2 Å². The highest BCUT2D eigenvalue weighted by atomic mass is 19.4. The van der Waals surface area contributed by atoms with Gasteiger partial charge in [-0.1, -0.05) is 37.3 Å². The first kappa shape index (κ1) is 24.0. The zero-order valence-corrected chi connectivity index (χ0v) is 17.6. The van der Waals surface area contributed by atoms with E-state index in [4.69, 9.17) is 0 Å². The van der Waals surface area contributed by atoms with Crippen LogP contribution in [0.15, 0.2) is 47.5 Å². The van der Waals surface area contributed by atoms with E-state index in [1.807, 2.05) is 0 Å². The summed E-state index contributed by atoms with van der Waals surface area (Å²) in [4.78, 5) is 40.4. The number of amides is 2. The summed E-state index contributed by atoms with van der Waals surface area (Å²) in [7, 11) is 0. The Balaban J connectivity index is 1.74. The number of allylic oxidation sites excluding steroid dienone is 1. The largest absolute Gasteiger partial charge is 0.419 e. The van der Waals surface area contributed by atoms with E-state index in [1.54, 1.807) is 37.3 Å². The maximum absolute atomic E-state index is 13.8. The molecule has 0 heterocycles. The molecule has 0 spiro atoms. The SMILES string of the molecule is C=NC(=O)[C@@H](C)CC1C=Cc2c(NC(=O)Cc3ccc(C(F)(F)F)c(F)c3)cccc2C1=O. The van der Waals surface area contributed by atoms with E-state index in [1.165, 1.54) is 0 Å². The second-order valence-electron chi connectivity index (χ2n) is 7.77. The van der Waals surface area contributed by atoms with E-state index >= 15 is 0 Å². The van der Waals surface area contributed by atoms with Gasteiger partial charge in [0, 0.05) is 28.7 Å². The van der Waals surface area contributed by atoms with Gasteiger partial charge in [-0.15, -0.1) is 0 Å². The minimum absolute atomic E-state index is 0.0731. The van der Waals surface area contributed by atoms with Gasteiger partial charge in [0.1, 0.15) is 5.82 Å². The molecular weight excluding hydrogens is 440 g/mol. The third-order valence-corrected chi connectivity index (χ3v) is 5.37. The lowest BCUT2D eigenvalue weighted by Crippen LogP contribution is -2.23.